The molecule has 0 spiro atoms. The van der Waals surface area contributed by atoms with Gasteiger partial charge in [0, 0.05) is 5.02 Å². The van der Waals surface area contributed by atoms with E-state index in [4.69, 9.17) is 11.6 Å². The molecule has 0 fully saturated rings. The minimum atomic E-state index is -3.27. The van der Waals surface area contributed by atoms with Gasteiger partial charge < -0.3 is 0 Å². The third-order valence-electron chi connectivity index (χ3n) is 3.04. The van der Waals surface area contributed by atoms with Gasteiger partial charge >= 0.3 is 0 Å². The van der Waals surface area contributed by atoms with Crippen LogP contribution < -0.4 is 0 Å². The van der Waals surface area contributed by atoms with Crippen LogP contribution in [0.5, 0.6) is 0 Å². The summed E-state index contributed by atoms with van der Waals surface area (Å²) in [6.07, 6.45) is 6.12. The third kappa shape index (κ3) is 3.12. The van der Waals surface area contributed by atoms with Gasteiger partial charge in [0.15, 0.2) is 9.84 Å². The molecule has 1 unspecified atom stereocenters. The van der Waals surface area contributed by atoms with Crippen molar-refractivity contribution in [3.05, 3.63) is 46.8 Å². The SMILES string of the molecule is O=S(=O)(Cc1ccc(F)cc1Cl)C1C=CCCC1. The Morgan fingerprint density at radius 3 is 2.78 bits per heavy atom. The van der Waals surface area contributed by atoms with Crippen molar-refractivity contribution in [1.29, 1.82) is 0 Å². The van der Waals surface area contributed by atoms with E-state index in [0.717, 1.165) is 18.9 Å². The van der Waals surface area contributed by atoms with Gasteiger partial charge in [-0.2, -0.15) is 0 Å². The maximum Gasteiger partial charge on any atom is 0.160 e. The van der Waals surface area contributed by atoms with Crippen molar-refractivity contribution in [1.82, 2.24) is 0 Å². The van der Waals surface area contributed by atoms with Crippen LogP contribution in [0.1, 0.15) is 24.8 Å². The summed E-state index contributed by atoms with van der Waals surface area (Å²) in [6.45, 7) is 0. The van der Waals surface area contributed by atoms with Gasteiger partial charge in [-0.3, -0.25) is 0 Å². The zero-order valence-corrected chi connectivity index (χ0v) is 11.3. The smallest absolute Gasteiger partial charge is 0.160 e. The van der Waals surface area contributed by atoms with Crippen LogP contribution in [0.4, 0.5) is 4.39 Å². The second-order valence-corrected chi connectivity index (χ2v) is 7.07. The highest BCUT2D eigenvalue weighted by molar-refractivity contribution is 7.91. The van der Waals surface area contributed by atoms with Crippen molar-refractivity contribution in [3.63, 3.8) is 0 Å². The molecule has 18 heavy (non-hydrogen) atoms. The van der Waals surface area contributed by atoms with Gasteiger partial charge in [0.25, 0.3) is 0 Å². The Bertz CT molecular complexity index is 566. The first-order valence-electron chi connectivity index (χ1n) is 5.81. The number of sulfone groups is 1. The summed E-state index contributed by atoms with van der Waals surface area (Å²) in [7, 11) is -3.27. The average Bonchev–Trinajstić information content (AvgIpc) is 2.34. The summed E-state index contributed by atoms with van der Waals surface area (Å²) in [5.41, 5.74) is 0.456. The minimum absolute atomic E-state index is 0.138. The normalized spacial score (nSPS) is 20.0. The maximum atomic E-state index is 12.9. The van der Waals surface area contributed by atoms with Crippen molar-refractivity contribution in [2.45, 2.75) is 30.3 Å². The first-order chi connectivity index (χ1) is 8.49. The van der Waals surface area contributed by atoms with E-state index in [2.05, 4.69) is 0 Å². The van der Waals surface area contributed by atoms with E-state index in [1.165, 1.54) is 12.1 Å². The topological polar surface area (TPSA) is 34.1 Å². The van der Waals surface area contributed by atoms with Crippen molar-refractivity contribution in [2.24, 2.45) is 0 Å². The fourth-order valence-electron chi connectivity index (χ4n) is 2.04. The largest absolute Gasteiger partial charge is 0.228 e. The van der Waals surface area contributed by atoms with Gasteiger partial charge in [-0.05, 0) is 37.0 Å². The summed E-state index contributed by atoms with van der Waals surface area (Å²) >= 11 is 5.85. The van der Waals surface area contributed by atoms with Crippen molar-refractivity contribution in [3.8, 4) is 0 Å². The van der Waals surface area contributed by atoms with Crippen LogP contribution in [0.3, 0.4) is 0 Å². The summed E-state index contributed by atoms with van der Waals surface area (Å²) in [5.74, 6) is -0.597. The molecule has 1 aromatic carbocycles. The van der Waals surface area contributed by atoms with E-state index in [0.29, 0.717) is 12.0 Å². The Morgan fingerprint density at radius 1 is 1.39 bits per heavy atom. The molecular formula is C13H14ClFO2S. The number of rotatable bonds is 3. The Hall–Kier alpha value is -0.870. The standard InChI is InChI=1S/C13H14ClFO2S/c14-13-8-11(15)7-6-10(13)9-18(16,17)12-4-2-1-3-5-12/h2,4,6-8,12H,1,3,5,9H2. The van der Waals surface area contributed by atoms with Crippen LogP contribution >= 0.6 is 11.6 Å². The van der Waals surface area contributed by atoms with Crippen LogP contribution in [0.15, 0.2) is 30.4 Å². The van der Waals surface area contributed by atoms with Crippen LogP contribution in [0.25, 0.3) is 0 Å². The van der Waals surface area contributed by atoms with Crippen LogP contribution in [0.2, 0.25) is 5.02 Å². The van der Waals surface area contributed by atoms with Gasteiger partial charge in [0.05, 0.1) is 11.0 Å². The molecule has 0 N–H and O–H groups in total. The highest BCUT2D eigenvalue weighted by Crippen LogP contribution is 2.25. The molecule has 1 atom stereocenters. The van der Waals surface area contributed by atoms with Gasteiger partial charge in [0.2, 0.25) is 0 Å². The van der Waals surface area contributed by atoms with Gasteiger partial charge in [0.1, 0.15) is 5.82 Å². The Kier molecular flexibility index (Phi) is 4.07. The quantitative estimate of drug-likeness (QED) is 0.798. The van der Waals surface area contributed by atoms with Crippen molar-refractivity contribution >= 4 is 21.4 Å². The Balaban J connectivity index is 2.22. The van der Waals surface area contributed by atoms with Crippen LogP contribution in [0, 0.1) is 5.82 Å². The molecular weight excluding hydrogens is 275 g/mol. The summed E-state index contributed by atoms with van der Waals surface area (Å²) in [6, 6.07) is 3.80. The summed E-state index contributed by atoms with van der Waals surface area (Å²) in [4.78, 5) is 0. The second-order valence-electron chi connectivity index (χ2n) is 4.44. The van der Waals surface area contributed by atoms with Crippen LogP contribution in [-0.2, 0) is 15.6 Å². The second kappa shape index (κ2) is 5.41. The molecule has 0 aliphatic heterocycles. The highest BCUT2D eigenvalue weighted by atomic mass is 35.5. The molecule has 1 aromatic rings. The van der Waals surface area contributed by atoms with E-state index >= 15 is 0 Å². The Labute approximate surface area is 111 Å². The van der Waals surface area contributed by atoms with E-state index < -0.39 is 20.9 Å². The predicted octanol–water partition coefficient (Wildman–Crippen LogP) is 3.50. The fourth-order valence-corrected chi connectivity index (χ4v) is 4.13. The lowest BCUT2D eigenvalue weighted by Crippen LogP contribution is -2.22. The van der Waals surface area contributed by atoms with Crippen LogP contribution in [-0.4, -0.2) is 13.7 Å². The highest BCUT2D eigenvalue weighted by Gasteiger charge is 2.25. The van der Waals surface area contributed by atoms with Crippen molar-refractivity contribution < 1.29 is 12.8 Å². The van der Waals surface area contributed by atoms with Gasteiger partial charge in [-0.15, -0.1) is 0 Å². The molecule has 1 aliphatic carbocycles. The molecule has 1 aliphatic rings. The molecule has 0 amide bonds. The zero-order chi connectivity index (χ0) is 13.2. The molecule has 2 rings (SSSR count). The molecule has 0 bridgehead atoms. The fraction of sp³-hybridized carbons (Fsp3) is 0.385. The lowest BCUT2D eigenvalue weighted by Gasteiger charge is -2.17. The molecule has 0 saturated heterocycles. The minimum Gasteiger partial charge on any atom is -0.228 e. The Morgan fingerprint density at radius 2 is 2.17 bits per heavy atom. The summed E-state index contributed by atoms with van der Waals surface area (Å²) < 4.78 is 37.3. The van der Waals surface area contributed by atoms with E-state index in [1.54, 1.807) is 6.08 Å². The third-order valence-corrected chi connectivity index (χ3v) is 5.42. The summed E-state index contributed by atoms with van der Waals surface area (Å²) in [5, 5.41) is -0.272. The lowest BCUT2D eigenvalue weighted by molar-refractivity contribution is 0.576. The van der Waals surface area contributed by atoms with E-state index in [-0.39, 0.29) is 10.8 Å². The van der Waals surface area contributed by atoms with Gasteiger partial charge in [-0.1, -0.05) is 29.8 Å². The van der Waals surface area contributed by atoms with E-state index in [9.17, 15) is 12.8 Å². The first kappa shape index (κ1) is 13.6. The zero-order valence-electron chi connectivity index (χ0n) is 9.77. The average molecular weight is 289 g/mol. The maximum absolute atomic E-state index is 12.9. The number of benzene rings is 1. The number of allylic oxidation sites excluding steroid dienone is 1. The van der Waals surface area contributed by atoms with E-state index in [1.807, 2.05) is 6.08 Å². The number of halogens is 2. The number of hydrogen-bond donors (Lipinski definition) is 0. The first-order valence-corrected chi connectivity index (χ1v) is 7.90. The van der Waals surface area contributed by atoms with Crippen molar-refractivity contribution in [2.75, 3.05) is 0 Å². The number of hydrogen-bond acceptors (Lipinski definition) is 2. The molecule has 0 saturated carbocycles. The lowest BCUT2D eigenvalue weighted by atomic mass is 10.1. The van der Waals surface area contributed by atoms with Gasteiger partial charge in [-0.25, -0.2) is 12.8 Å². The predicted molar refractivity (Wildman–Crippen MR) is 70.8 cm³/mol. The molecule has 0 heterocycles. The molecule has 0 aromatic heterocycles. The molecule has 5 heteroatoms. The molecule has 98 valence electrons. The monoisotopic (exact) mass is 288 g/mol. The molecule has 2 nitrogen and oxygen atoms in total. The molecule has 0 radical (unpaired) electrons.